The van der Waals surface area contributed by atoms with Crippen LogP contribution in [0.3, 0.4) is 0 Å². The maximum Gasteiger partial charge on any atom is 0.191 e. The quantitative estimate of drug-likeness (QED) is 0.566. The van der Waals surface area contributed by atoms with Crippen molar-refractivity contribution >= 4 is 5.96 Å². The summed E-state index contributed by atoms with van der Waals surface area (Å²) in [6.07, 6.45) is 5.45. The third-order valence-electron chi connectivity index (χ3n) is 3.96. The number of nitrogens with one attached hydrogen (secondary N) is 2. The summed E-state index contributed by atoms with van der Waals surface area (Å²) in [7, 11) is 1.82. The Morgan fingerprint density at radius 2 is 2.09 bits per heavy atom. The van der Waals surface area contributed by atoms with E-state index in [9.17, 15) is 0 Å². The molecule has 22 heavy (non-hydrogen) atoms. The van der Waals surface area contributed by atoms with Crippen LogP contribution in [-0.2, 0) is 6.42 Å². The molecule has 1 aromatic heterocycles. The molecule has 0 saturated heterocycles. The smallest absolute Gasteiger partial charge is 0.191 e. The first-order valence-corrected chi connectivity index (χ1v) is 8.31. The number of rotatable bonds is 8. The van der Waals surface area contributed by atoms with Gasteiger partial charge in [0.15, 0.2) is 5.96 Å². The lowest BCUT2D eigenvalue weighted by Crippen LogP contribution is -2.44. The van der Waals surface area contributed by atoms with Gasteiger partial charge in [0.05, 0.1) is 0 Å². The van der Waals surface area contributed by atoms with Gasteiger partial charge in [-0.25, -0.2) is 0 Å². The van der Waals surface area contributed by atoms with Gasteiger partial charge in [0, 0.05) is 57.1 Å². The standard InChI is InChI=1S/C17H29N5/c1-14(2)22(16-7-8-16)13-12-21-17(18-3)20-11-9-15-6-4-5-10-19-15/h4-6,10,14,16H,7-9,11-13H2,1-3H3,(H2,18,20,21). The summed E-state index contributed by atoms with van der Waals surface area (Å²) >= 11 is 0. The van der Waals surface area contributed by atoms with Gasteiger partial charge in [-0.3, -0.25) is 14.9 Å². The van der Waals surface area contributed by atoms with Crippen LogP contribution < -0.4 is 10.6 Å². The van der Waals surface area contributed by atoms with Gasteiger partial charge in [0.2, 0.25) is 0 Å². The summed E-state index contributed by atoms with van der Waals surface area (Å²) < 4.78 is 0. The fourth-order valence-corrected chi connectivity index (χ4v) is 2.65. The van der Waals surface area contributed by atoms with Crippen molar-refractivity contribution in [2.45, 2.75) is 45.2 Å². The van der Waals surface area contributed by atoms with Gasteiger partial charge in [-0.15, -0.1) is 0 Å². The molecule has 0 unspecified atom stereocenters. The van der Waals surface area contributed by atoms with Gasteiger partial charge in [0.25, 0.3) is 0 Å². The molecule has 0 aliphatic heterocycles. The largest absolute Gasteiger partial charge is 0.356 e. The zero-order valence-electron chi connectivity index (χ0n) is 14.0. The molecule has 2 rings (SSSR count). The topological polar surface area (TPSA) is 52.6 Å². The second-order valence-electron chi connectivity index (χ2n) is 6.06. The van der Waals surface area contributed by atoms with Gasteiger partial charge >= 0.3 is 0 Å². The zero-order valence-corrected chi connectivity index (χ0v) is 14.0. The minimum Gasteiger partial charge on any atom is -0.356 e. The summed E-state index contributed by atoms with van der Waals surface area (Å²) in [6.45, 7) is 7.39. The van der Waals surface area contributed by atoms with E-state index in [0.29, 0.717) is 6.04 Å². The average Bonchev–Trinajstić information content (AvgIpc) is 3.35. The highest BCUT2D eigenvalue weighted by Gasteiger charge is 2.29. The second kappa shape index (κ2) is 8.73. The predicted molar refractivity (Wildman–Crippen MR) is 92.2 cm³/mol. The van der Waals surface area contributed by atoms with Crippen LogP contribution in [0.4, 0.5) is 0 Å². The molecule has 0 spiro atoms. The molecule has 0 radical (unpaired) electrons. The molecular weight excluding hydrogens is 274 g/mol. The number of hydrogen-bond donors (Lipinski definition) is 2. The number of aliphatic imine (C=N–C) groups is 1. The van der Waals surface area contributed by atoms with Crippen LogP contribution in [0.5, 0.6) is 0 Å². The molecule has 5 nitrogen and oxygen atoms in total. The molecule has 122 valence electrons. The van der Waals surface area contributed by atoms with E-state index in [4.69, 9.17) is 0 Å². The minimum atomic E-state index is 0.619. The lowest BCUT2D eigenvalue weighted by Gasteiger charge is -2.26. The molecule has 1 saturated carbocycles. The van der Waals surface area contributed by atoms with Crippen molar-refractivity contribution in [2.75, 3.05) is 26.7 Å². The molecule has 1 aliphatic rings. The molecule has 2 N–H and O–H groups in total. The summed E-state index contributed by atoms with van der Waals surface area (Å²) in [5.74, 6) is 0.871. The number of nitrogens with zero attached hydrogens (tertiary/aromatic N) is 3. The summed E-state index contributed by atoms with van der Waals surface area (Å²) in [5, 5.41) is 6.75. The van der Waals surface area contributed by atoms with E-state index in [-0.39, 0.29) is 0 Å². The predicted octanol–water partition coefficient (Wildman–Crippen LogP) is 1.66. The number of guanidine groups is 1. The zero-order chi connectivity index (χ0) is 15.8. The van der Waals surface area contributed by atoms with Crippen LogP contribution in [0, 0.1) is 0 Å². The normalized spacial score (nSPS) is 15.4. The first kappa shape index (κ1) is 16.7. The second-order valence-corrected chi connectivity index (χ2v) is 6.06. The van der Waals surface area contributed by atoms with Crippen LogP contribution in [-0.4, -0.2) is 54.6 Å². The Kier molecular flexibility index (Phi) is 6.65. The highest BCUT2D eigenvalue weighted by atomic mass is 15.2. The van der Waals surface area contributed by atoms with Crippen molar-refractivity contribution in [2.24, 2.45) is 4.99 Å². The third-order valence-corrected chi connectivity index (χ3v) is 3.96. The Bertz CT molecular complexity index is 451. The first-order valence-electron chi connectivity index (χ1n) is 8.31. The Balaban J connectivity index is 1.64. The molecular formula is C17H29N5. The molecule has 0 atom stereocenters. The lowest BCUT2D eigenvalue weighted by molar-refractivity contribution is 0.215. The van der Waals surface area contributed by atoms with Crippen molar-refractivity contribution in [3.05, 3.63) is 30.1 Å². The number of pyridine rings is 1. The average molecular weight is 303 g/mol. The first-order chi connectivity index (χ1) is 10.7. The van der Waals surface area contributed by atoms with E-state index in [1.807, 2.05) is 31.4 Å². The summed E-state index contributed by atoms with van der Waals surface area (Å²) in [4.78, 5) is 11.2. The van der Waals surface area contributed by atoms with E-state index in [1.54, 1.807) is 0 Å². The van der Waals surface area contributed by atoms with Gasteiger partial charge in [-0.1, -0.05) is 6.07 Å². The number of aromatic nitrogens is 1. The van der Waals surface area contributed by atoms with Crippen LogP contribution in [0.15, 0.2) is 29.4 Å². The van der Waals surface area contributed by atoms with Gasteiger partial charge in [-0.05, 0) is 38.8 Å². The third kappa shape index (κ3) is 5.64. The van der Waals surface area contributed by atoms with Gasteiger partial charge in [0.1, 0.15) is 0 Å². The summed E-state index contributed by atoms with van der Waals surface area (Å²) in [6, 6.07) is 7.44. The van der Waals surface area contributed by atoms with Crippen molar-refractivity contribution in [3.63, 3.8) is 0 Å². The maximum atomic E-state index is 4.33. The highest BCUT2D eigenvalue weighted by Crippen LogP contribution is 2.27. The van der Waals surface area contributed by atoms with E-state index in [2.05, 4.69) is 39.4 Å². The monoisotopic (exact) mass is 303 g/mol. The Morgan fingerprint density at radius 1 is 1.32 bits per heavy atom. The Hall–Kier alpha value is -1.62. The number of hydrogen-bond acceptors (Lipinski definition) is 3. The highest BCUT2D eigenvalue weighted by molar-refractivity contribution is 5.79. The molecule has 1 fully saturated rings. The van der Waals surface area contributed by atoms with Crippen LogP contribution in [0.1, 0.15) is 32.4 Å². The Labute approximate surface area is 134 Å². The van der Waals surface area contributed by atoms with Gasteiger partial charge < -0.3 is 10.6 Å². The lowest BCUT2D eigenvalue weighted by atomic mass is 10.3. The van der Waals surface area contributed by atoms with Crippen LogP contribution in [0.2, 0.25) is 0 Å². The summed E-state index contributed by atoms with van der Waals surface area (Å²) in [5.41, 5.74) is 1.10. The maximum absolute atomic E-state index is 4.33. The molecule has 1 heterocycles. The molecule has 0 bridgehead atoms. The molecule has 1 aliphatic carbocycles. The fraction of sp³-hybridized carbons (Fsp3) is 0.647. The SMILES string of the molecule is CN=C(NCCc1ccccn1)NCCN(C(C)C)C1CC1. The van der Waals surface area contributed by atoms with Crippen molar-refractivity contribution in [3.8, 4) is 0 Å². The van der Waals surface area contributed by atoms with E-state index < -0.39 is 0 Å². The van der Waals surface area contributed by atoms with E-state index in [0.717, 1.165) is 43.8 Å². The Morgan fingerprint density at radius 3 is 2.68 bits per heavy atom. The molecule has 5 heteroatoms. The van der Waals surface area contributed by atoms with Crippen molar-refractivity contribution in [1.29, 1.82) is 0 Å². The van der Waals surface area contributed by atoms with Crippen molar-refractivity contribution < 1.29 is 0 Å². The minimum absolute atomic E-state index is 0.619. The molecule has 1 aromatic rings. The fourth-order valence-electron chi connectivity index (χ4n) is 2.65. The van der Waals surface area contributed by atoms with Crippen LogP contribution >= 0.6 is 0 Å². The van der Waals surface area contributed by atoms with E-state index >= 15 is 0 Å². The molecule has 0 amide bonds. The van der Waals surface area contributed by atoms with Crippen LogP contribution in [0.25, 0.3) is 0 Å². The molecule has 0 aromatic carbocycles. The van der Waals surface area contributed by atoms with Crippen molar-refractivity contribution in [1.82, 2.24) is 20.5 Å². The van der Waals surface area contributed by atoms with E-state index in [1.165, 1.54) is 12.8 Å². The van der Waals surface area contributed by atoms with Gasteiger partial charge in [-0.2, -0.15) is 0 Å².